The van der Waals surface area contributed by atoms with Crippen LogP contribution in [0.3, 0.4) is 0 Å². The lowest BCUT2D eigenvalue weighted by Crippen LogP contribution is -2.18. The van der Waals surface area contributed by atoms with Crippen molar-refractivity contribution in [3.05, 3.63) is 52.7 Å². The molecule has 3 N–H and O–H groups in total. The van der Waals surface area contributed by atoms with E-state index in [9.17, 15) is 13.2 Å². The maximum absolute atomic E-state index is 13.0. The SMILES string of the molecule is N=C(N)c1ccc(Sc2ncccc2Cl)cc1C(F)(F)F. The van der Waals surface area contributed by atoms with E-state index in [1.165, 1.54) is 18.3 Å². The highest BCUT2D eigenvalue weighted by atomic mass is 35.5. The van der Waals surface area contributed by atoms with Crippen LogP contribution in [0.5, 0.6) is 0 Å². The third-order valence-corrected chi connectivity index (χ3v) is 3.95. The van der Waals surface area contributed by atoms with E-state index >= 15 is 0 Å². The lowest BCUT2D eigenvalue weighted by Gasteiger charge is -2.13. The molecule has 0 aliphatic rings. The molecular formula is C13H9ClF3N3S. The molecule has 21 heavy (non-hydrogen) atoms. The molecular weight excluding hydrogens is 323 g/mol. The van der Waals surface area contributed by atoms with Crippen molar-refractivity contribution in [3.63, 3.8) is 0 Å². The summed E-state index contributed by atoms with van der Waals surface area (Å²) in [5.41, 5.74) is 3.88. The molecule has 3 nitrogen and oxygen atoms in total. The van der Waals surface area contributed by atoms with Gasteiger partial charge in [0, 0.05) is 16.7 Å². The molecule has 8 heteroatoms. The summed E-state index contributed by atoms with van der Waals surface area (Å²) >= 11 is 6.94. The normalized spacial score (nSPS) is 11.4. The van der Waals surface area contributed by atoms with Gasteiger partial charge in [0.1, 0.15) is 10.9 Å². The van der Waals surface area contributed by atoms with Crippen LogP contribution in [0.1, 0.15) is 11.1 Å². The average Bonchev–Trinajstić information content (AvgIpc) is 2.40. The first-order valence-corrected chi connectivity index (χ1v) is 6.82. The number of nitrogens with one attached hydrogen (secondary N) is 1. The van der Waals surface area contributed by atoms with Gasteiger partial charge in [-0.05, 0) is 30.3 Å². The molecule has 1 heterocycles. The predicted octanol–water partition coefficient (Wildman–Crippen LogP) is 4.19. The zero-order valence-corrected chi connectivity index (χ0v) is 12.0. The number of amidine groups is 1. The van der Waals surface area contributed by atoms with Crippen LogP contribution in [0.2, 0.25) is 5.02 Å². The first kappa shape index (κ1) is 15.7. The Labute approximate surface area is 127 Å². The number of hydrogen-bond acceptors (Lipinski definition) is 3. The van der Waals surface area contributed by atoms with Crippen LogP contribution in [0, 0.1) is 5.41 Å². The van der Waals surface area contributed by atoms with Gasteiger partial charge in [-0.15, -0.1) is 0 Å². The molecule has 0 saturated carbocycles. The summed E-state index contributed by atoms with van der Waals surface area (Å²) in [5, 5.41) is 7.98. The molecule has 0 aliphatic carbocycles. The minimum atomic E-state index is -4.59. The van der Waals surface area contributed by atoms with Crippen LogP contribution >= 0.6 is 23.4 Å². The molecule has 0 bridgehead atoms. The molecule has 0 spiro atoms. The summed E-state index contributed by atoms with van der Waals surface area (Å²) in [5.74, 6) is -0.630. The lowest BCUT2D eigenvalue weighted by atomic mass is 10.1. The number of nitrogen functional groups attached to an aromatic ring is 1. The molecule has 0 amide bonds. The fraction of sp³-hybridized carbons (Fsp3) is 0.0769. The van der Waals surface area contributed by atoms with Gasteiger partial charge in [-0.2, -0.15) is 13.2 Å². The van der Waals surface area contributed by atoms with Gasteiger partial charge >= 0.3 is 6.18 Å². The number of aromatic nitrogens is 1. The number of nitrogens with zero attached hydrogens (tertiary/aromatic N) is 1. The zero-order valence-electron chi connectivity index (χ0n) is 10.4. The maximum atomic E-state index is 13.0. The van der Waals surface area contributed by atoms with Crippen molar-refractivity contribution in [2.24, 2.45) is 5.73 Å². The summed E-state index contributed by atoms with van der Waals surface area (Å²) in [4.78, 5) is 4.32. The van der Waals surface area contributed by atoms with Crippen molar-refractivity contribution in [1.29, 1.82) is 5.41 Å². The van der Waals surface area contributed by atoms with Gasteiger partial charge in [-0.3, -0.25) is 5.41 Å². The number of nitrogens with two attached hydrogens (primary N) is 1. The second-order valence-electron chi connectivity index (χ2n) is 4.01. The van der Waals surface area contributed by atoms with Crippen molar-refractivity contribution in [1.82, 2.24) is 4.98 Å². The van der Waals surface area contributed by atoms with Crippen LogP contribution in [0.15, 0.2) is 46.5 Å². The number of benzene rings is 1. The molecule has 2 aromatic rings. The maximum Gasteiger partial charge on any atom is 0.417 e. The minimum absolute atomic E-state index is 0.313. The quantitative estimate of drug-likeness (QED) is 0.655. The van der Waals surface area contributed by atoms with E-state index in [1.807, 2.05) is 0 Å². The fourth-order valence-corrected chi connectivity index (χ4v) is 2.67. The topological polar surface area (TPSA) is 62.8 Å². The summed E-state index contributed by atoms with van der Waals surface area (Å²) in [7, 11) is 0. The highest BCUT2D eigenvalue weighted by Crippen LogP contribution is 2.37. The Balaban J connectivity index is 2.43. The van der Waals surface area contributed by atoms with Crippen molar-refractivity contribution in [2.45, 2.75) is 16.1 Å². The highest BCUT2D eigenvalue weighted by molar-refractivity contribution is 7.99. The van der Waals surface area contributed by atoms with Gasteiger partial charge in [0.2, 0.25) is 0 Å². The Kier molecular flexibility index (Phi) is 4.43. The summed E-state index contributed by atoms with van der Waals surface area (Å²) in [6.07, 6.45) is -3.09. The van der Waals surface area contributed by atoms with Gasteiger partial charge in [-0.25, -0.2) is 4.98 Å². The van der Waals surface area contributed by atoms with E-state index in [1.54, 1.807) is 12.1 Å². The smallest absolute Gasteiger partial charge is 0.384 e. The van der Waals surface area contributed by atoms with E-state index < -0.39 is 17.6 Å². The predicted molar refractivity (Wildman–Crippen MR) is 75.8 cm³/mol. The Hall–Kier alpha value is -1.73. The van der Waals surface area contributed by atoms with Crippen LogP contribution in [-0.2, 0) is 6.18 Å². The molecule has 0 saturated heterocycles. The standard InChI is InChI=1S/C13H9ClF3N3S/c14-10-2-1-5-20-12(10)21-7-3-4-8(11(18)19)9(6-7)13(15,16)17/h1-6H,(H3,18,19). The largest absolute Gasteiger partial charge is 0.417 e. The van der Waals surface area contributed by atoms with Crippen molar-refractivity contribution >= 4 is 29.2 Å². The Morgan fingerprint density at radius 1 is 1.29 bits per heavy atom. The summed E-state index contributed by atoms with van der Waals surface area (Å²) < 4.78 is 39.0. The van der Waals surface area contributed by atoms with Crippen molar-refractivity contribution in [3.8, 4) is 0 Å². The number of pyridine rings is 1. The lowest BCUT2D eigenvalue weighted by molar-refractivity contribution is -0.137. The molecule has 0 aliphatic heterocycles. The molecule has 0 unspecified atom stereocenters. The highest BCUT2D eigenvalue weighted by Gasteiger charge is 2.34. The van der Waals surface area contributed by atoms with E-state index in [0.29, 0.717) is 14.9 Å². The van der Waals surface area contributed by atoms with Gasteiger partial charge in [0.05, 0.1) is 10.6 Å². The van der Waals surface area contributed by atoms with Crippen LogP contribution in [-0.4, -0.2) is 10.8 Å². The number of halogens is 4. The molecule has 0 radical (unpaired) electrons. The minimum Gasteiger partial charge on any atom is -0.384 e. The second kappa shape index (κ2) is 5.95. The Morgan fingerprint density at radius 2 is 2.00 bits per heavy atom. The number of rotatable bonds is 3. The number of alkyl halides is 3. The van der Waals surface area contributed by atoms with Gasteiger partial charge < -0.3 is 5.73 Å². The number of hydrogen-bond donors (Lipinski definition) is 2. The van der Waals surface area contributed by atoms with Crippen molar-refractivity contribution in [2.75, 3.05) is 0 Å². The van der Waals surface area contributed by atoms with Gasteiger partial charge in [0.25, 0.3) is 0 Å². The molecule has 110 valence electrons. The molecule has 1 aromatic heterocycles. The van der Waals surface area contributed by atoms with Crippen molar-refractivity contribution < 1.29 is 13.2 Å². The summed E-state index contributed by atoms with van der Waals surface area (Å²) in [6, 6.07) is 6.79. The van der Waals surface area contributed by atoms with E-state index in [4.69, 9.17) is 22.7 Å². The molecule has 0 atom stereocenters. The Morgan fingerprint density at radius 3 is 2.57 bits per heavy atom. The van der Waals surface area contributed by atoms with E-state index in [-0.39, 0.29) is 5.56 Å². The third kappa shape index (κ3) is 3.68. The van der Waals surface area contributed by atoms with Gasteiger partial charge in [0.15, 0.2) is 0 Å². The van der Waals surface area contributed by atoms with E-state index in [0.717, 1.165) is 17.8 Å². The molecule has 2 rings (SSSR count). The average molecular weight is 332 g/mol. The Bertz CT molecular complexity index is 689. The molecule has 0 fully saturated rings. The van der Waals surface area contributed by atoms with E-state index in [2.05, 4.69) is 4.98 Å². The zero-order chi connectivity index (χ0) is 15.6. The fourth-order valence-electron chi connectivity index (χ4n) is 1.61. The molecule has 1 aromatic carbocycles. The third-order valence-electron chi connectivity index (χ3n) is 2.53. The van der Waals surface area contributed by atoms with Crippen LogP contribution in [0.4, 0.5) is 13.2 Å². The first-order valence-electron chi connectivity index (χ1n) is 5.63. The van der Waals surface area contributed by atoms with Crippen LogP contribution < -0.4 is 5.73 Å². The van der Waals surface area contributed by atoms with Crippen LogP contribution in [0.25, 0.3) is 0 Å². The monoisotopic (exact) mass is 331 g/mol. The van der Waals surface area contributed by atoms with Gasteiger partial charge in [-0.1, -0.05) is 23.4 Å². The summed E-state index contributed by atoms with van der Waals surface area (Å²) in [6.45, 7) is 0. The second-order valence-corrected chi connectivity index (χ2v) is 5.48. The first-order chi connectivity index (χ1) is 9.79.